The summed E-state index contributed by atoms with van der Waals surface area (Å²) in [6.07, 6.45) is 5.06. The highest BCUT2D eigenvalue weighted by atomic mass is 16.5. The van der Waals surface area contributed by atoms with E-state index in [0.717, 1.165) is 58.5 Å². The fourth-order valence-electron chi connectivity index (χ4n) is 2.58. The molecule has 0 aromatic rings. The quantitative estimate of drug-likeness (QED) is 0.745. The Hall–Kier alpha value is -0.650. The summed E-state index contributed by atoms with van der Waals surface area (Å²) in [5, 5.41) is 6.30. The van der Waals surface area contributed by atoms with Gasteiger partial charge in [-0.15, -0.1) is 0 Å². The lowest BCUT2D eigenvalue weighted by atomic mass is 10.0. The Bertz CT molecular complexity index is 261. The van der Waals surface area contributed by atoms with Crippen molar-refractivity contribution in [2.24, 2.45) is 5.92 Å². The van der Waals surface area contributed by atoms with Crippen LogP contribution in [0.25, 0.3) is 0 Å². The van der Waals surface area contributed by atoms with Gasteiger partial charge in [0.1, 0.15) is 0 Å². The largest absolute Gasteiger partial charge is 0.381 e. The Morgan fingerprint density at radius 3 is 2.68 bits per heavy atom. The second-order valence-electron chi connectivity index (χ2n) is 5.43. The second-order valence-corrected chi connectivity index (χ2v) is 5.43. The van der Waals surface area contributed by atoms with E-state index in [-0.39, 0.29) is 5.91 Å². The summed E-state index contributed by atoms with van der Waals surface area (Å²) >= 11 is 0. The minimum atomic E-state index is 0.112. The van der Waals surface area contributed by atoms with Crippen LogP contribution in [0.3, 0.4) is 0 Å². The molecule has 2 fully saturated rings. The number of hydrogen-bond donors (Lipinski definition) is 2. The zero-order valence-electron chi connectivity index (χ0n) is 11.7. The van der Waals surface area contributed by atoms with Gasteiger partial charge >= 0.3 is 0 Å². The summed E-state index contributed by atoms with van der Waals surface area (Å²) in [5.41, 5.74) is 0. The summed E-state index contributed by atoms with van der Waals surface area (Å²) < 4.78 is 11.0. The Labute approximate surface area is 115 Å². The lowest BCUT2D eigenvalue weighted by molar-refractivity contribution is -0.123. The van der Waals surface area contributed by atoms with E-state index in [1.54, 1.807) is 0 Å². The molecule has 5 heteroatoms. The van der Waals surface area contributed by atoms with Gasteiger partial charge in [-0.2, -0.15) is 0 Å². The molecule has 5 nitrogen and oxygen atoms in total. The van der Waals surface area contributed by atoms with E-state index in [1.165, 1.54) is 0 Å². The third kappa shape index (κ3) is 5.89. The molecule has 19 heavy (non-hydrogen) atoms. The first kappa shape index (κ1) is 14.8. The zero-order chi connectivity index (χ0) is 13.3. The van der Waals surface area contributed by atoms with Gasteiger partial charge in [0, 0.05) is 26.2 Å². The summed E-state index contributed by atoms with van der Waals surface area (Å²) in [4.78, 5) is 11.7. The molecular formula is C14H26N2O3. The van der Waals surface area contributed by atoms with E-state index >= 15 is 0 Å². The third-order valence-corrected chi connectivity index (χ3v) is 3.90. The number of amides is 1. The molecule has 2 saturated heterocycles. The van der Waals surface area contributed by atoms with Crippen molar-refractivity contribution in [3.63, 3.8) is 0 Å². The van der Waals surface area contributed by atoms with E-state index < -0.39 is 0 Å². The van der Waals surface area contributed by atoms with Crippen molar-refractivity contribution in [2.45, 2.75) is 38.2 Å². The number of carbonyl (C=O) groups is 1. The first-order chi connectivity index (χ1) is 9.34. The van der Waals surface area contributed by atoms with Gasteiger partial charge in [-0.1, -0.05) is 0 Å². The zero-order valence-corrected chi connectivity index (χ0v) is 11.7. The summed E-state index contributed by atoms with van der Waals surface area (Å²) in [6, 6.07) is 0. The molecule has 1 amide bonds. The van der Waals surface area contributed by atoms with Gasteiger partial charge < -0.3 is 20.1 Å². The van der Waals surface area contributed by atoms with Gasteiger partial charge in [-0.3, -0.25) is 4.79 Å². The minimum absolute atomic E-state index is 0.112. The maximum absolute atomic E-state index is 11.7. The lowest BCUT2D eigenvalue weighted by Gasteiger charge is -2.23. The number of piperidine rings is 1. The Kier molecular flexibility index (Phi) is 6.61. The van der Waals surface area contributed by atoms with E-state index in [0.29, 0.717) is 25.0 Å². The standard InChI is InChI=1S/C14H26N2O3/c17-14(16-11-12-3-8-18-9-4-12)5-10-19-13-1-6-15-7-2-13/h12-13,15H,1-11H2,(H,16,17). The van der Waals surface area contributed by atoms with Gasteiger partial charge in [0.05, 0.1) is 12.7 Å². The maximum atomic E-state index is 11.7. The molecule has 0 bridgehead atoms. The summed E-state index contributed by atoms with van der Waals surface area (Å²) in [7, 11) is 0. The molecule has 110 valence electrons. The van der Waals surface area contributed by atoms with Crippen LogP contribution in [0.15, 0.2) is 0 Å². The van der Waals surface area contributed by atoms with Crippen LogP contribution in [0.1, 0.15) is 32.1 Å². The molecule has 0 aromatic carbocycles. The SMILES string of the molecule is O=C(CCOC1CCNCC1)NCC1CCOCC1. The van der Waals surface area contributed by atoms with Crippen LogP contribution >= 0.6 is 0 Å². The topological polar surface area (TPSA) is 59.6 Å². The van der Waals surface area contributed by atoms with Crippen molar-refractivity contribution in [1.29, 1.82) is 0 Å². The number of hydrogen-bond acceptors (Lipinski definition) is 4. The smallest absolute Gasteiger partial charge is 0.222 e. The van der Waals surface area contributed by atoms with Crippen LogP contribution in [0, 0.1) is 5.92 Å². The highest BCUT2D eigenvalue weighted by molar-refractivity contribution is 5.75. The van der Waals surface area contributed by atoms with Gasteiger partial charge in [-0.05, 0) is 44.7 Å². The molecule has 2 aliphatic heterocycles. The molecule has 0 atom stereocenters. The molecule has 0 unspecified atom stereocenters. The second kappa shape index (κ2) is 8.51. The minimum Gasteiger partial charge on any atom is -0.381 e. The number of nitrogens with one attached hydrogen (secondary N) is 2. The molecule has 0 saturated carbocycles. The maximum Gasteiger partial charge on any atom is 0.222 e. The van der Waals surface area contributed by atoms with Gasteiger partial charge in [-0.25, -0.2) is 0 Å². The third-order valence-electron chi connectivity index (χ3n) is 3.90. The normalized spacial score (nSPS) is 22.3. The molecule has 2 aliphatic rings. The number of ether oxygens (including phenoxy) is 2. The summed E-state index contributed by atoms with van der Waals surface area (Å²) in [5.74, 6) is 0.698. The first-order valence-corrected chi connectivity index (χ1v) is 7.51. The monoisotopic (exact) mass is 270 g/mol. The van der Waals surface area contributed by atoms with E-state index in [4.69, 9.17) is 9.47 Å². The predicted octanol–water partition coefficient (Wildman–Crippen LogP) is 0.688. The van der Waals surface area contributed by atoms with E-state index in [2.05, 4.69) is 10.6 Å². The number of carbonyl (C=O) groups excluding carboxylic acids is 1. The van der Waals surface area contributed by atoms with Crippen LogP contribution < -0.4 is 10.6 Å². The Morgan fingerprint density at radius 1 is 1.21 bits per heavy atom. The van der Waals surface area contributed by atoms with Crippen molar-refractivity contribution in [2.75, 3.05) is 39.5 Å². The van der Waals surface area contributed by atoms with Gasteiger partial charge in [0.25, 0.3) is 0 Å². The van der Waals surface area contributed by atoms with Crippen molar-refractivity contribution in [3.8, 4) is 0 Å². The highest BCUT2D eigenvalue weighted by Gasteiger charge is 2.16. The van der Waals surface area contributed by atoms with Crippen molar-refractivity contribution < 1.29 is 14.3 Å². The lowest BCUT2D eigenvalue weighted by Crippen LogP contribution is -2.34. The fraction of sp³-hybridized carbons (Fsp3) is 0.929. The molecule has 2 rings (SSSR count). The van der Waals surface area contributed by atoms with Crippen LogP contribution in [0.2, 0.25) is 0 Å². The predicted molar refractivity (Wildman–Crippen MR) is 73.0 cm³/mol. The van der Waals surface area contributed by atoms with Crippen molar-refractivity contribution >= 4 is 5.91 Å². The Morgan fingerprint density at radius 2 is 1.95 bits per heavy atom. The molecule has 0 radical (unpaired) electrons. The average molecular weight is 270 g/mol. The van der Waals surface area contributed by atoms with Crippen LogP contribution in [-0.4, -0.2) is 51.5 Å². The molecular weight excluding hydrogens is 244 g/mol. The highest BCUT2D eigenvalue weighted by Crippen LogP contribution is 2.13. The van der Waals surface area contributed by atoms with Crippen molar-refractivity contribution in [1.82, 2.24) is 10.6 Å². The molecule has 2 heterocycles. The van der Waals surface area contributed by atoms with Crippen LogP contribution in [-0.2, 0) is 14.3 Å². The molecule has 0 aliphatic carbocycles. The van der Waals surface area contributed by atoms with Gasteiger partial charge in [0.15, 0.2) is 0 Å². The summed E-state index contributed by atoms with van der Waals surface area (Å²) in [6.45, 7) is 5.06. The first-order valence-electron chi connectivity index (χ1n) is 7.51. The fourth-order valence-corrected chi connectivity index (χ4v) is 2.58. The molecule has 0 aromatic heterocycles. The molecule has 2 N–H and O–H groups in total. The van der Waals surface area contributed by atoms with Crippen LogP contribution in [0.5, 0.6) is 0 Å². The number of rotatable bonds is 6. The molecule has 0 spiro atoms. The van der Waals surface area contributed by atoms with E-state index in [9.17, 15) is 4.79 Å². The van der Waals surface area contributed by atoms with Gasteiger partial charge in [0.2, 0.25) is 5.91 Å². The Balaban J connectivity index is 1.49. The average Bonchev–Trinajstić information content (AvgIpc) is 2.47. The van der Waals surface area contributed by atoms with E-state index in [1.807, 2.05) is 0 Å². The van der Waals surface area contributed by atoms with Crippen molar-refractivity contribution in [3.05, 3.63) is 0 Å². The van der Waals surface area contributed by atoms with Crippen LogP contribution in [0.4, 0.5) is 0 Å².